The second-order valence-corrected chi connectivity index (χ2v) is 3.30. The Hall–Kier alpha value is -1.42. The average Bonchev–Trinajstić information content (AvgIpc) is 2.11. The summed E-state index contributed by atoms with van der Waals surface area (Å²) in [4.78, 5) is 0. The Morgan fingerprint density at radius 3 is 2.47 bits per heavy atom. The fraction of sp³-hybridized carbons (Fsp3) is 0.125. The van der Waals surface area contributed by atoms with E-state index < -0.39 is 12.1 Å². The summed E-state index contributed by atoms with van der Waals surface area (Å²) in [6, 6.07) is 4.16. The van der Waals surface area contributed by atoms with Gasteiger partial charge in [0.25, 0.3) is 0 Å². The average molecular weight is 281 g/mol. The van der Waals surface area contributed by atoms with Crippen LogP contribution in [0.2, 0.25) is 0 Å². The third-order valence-corrected chi connectivity index (χ3v) is 2.25. The van der Waals surface area contributed by atoms with Crippen LogP contribution in [0.1, 0.15) is 5.56 Å². The van der Waals surface area contributed by atoms with Crippen LogP contribution < -0.4 is 10.5 Å². The molecule has 1 aromatic carbocycles. The first-order valence-electron chi connectivity index (χ1n) is 3.59. The molecule has 3 nitrogen and oxygen atoms in total. The smallest absolute Gasteiger partial charge is 0.402 e. The highest BCUT2D eigenvalue weighted by Gasteiger charge is 2.33. The molecular weight excluding hydrogens is 277 g/mol. The summed E-state index contributed by atoms with van der Waals surface area (Å²) in [6.07, 6.45) is -4.84. The Kier molecular flexibility index (Phi) is 3.09. The number of nitrogen functional groups attached to an aromatic ring is 1. The van der Waals surface area contributed by atoms with Gasteiger partial charge in [-0.25, -0.2) is 0 Å². The van der Waals surface area contributed by atoms with Crippen molar-refractivity contribution in [1.82, 2.24) is 0 Å². The topological polar surface area (TPSA) is 59.0 Å². The molecule has 0 unspecified atom stereocenters. The van der Waals surface area contributed by atoms with Gasteiger partial charge in [-0.3, -0.25) is 0 Å². The second-order valence-electron chi connectivity index (χ2n) is 2.51. The molecule has 0 aromatic heterocycles. The van der Waals surface area contributed by atoms with E-state index in [2.05, 4.69) is 20.7 Å². The molecule has 0 bridgehead atoms. The van der Waals surface area contributed by atoms with Gasteiger partial charge in [0.15, 0.2) is 5.75 Å². The van der Waals surface area contributed by atoms with Crippen LogP contribution in [0.25, 0.3) is 0 Å². The first-order chi connectivity index (χ1) is 6.85. The lowest BCUT2D eigenvalue weighted by atomic mass is 10.2. The van der Waals surface area contributed by atoms with Gasteiger partial charge in [-0.15, -0.1) is 13.2 Å². The van der Waals surface area contributed by atoms with Crippen molar-refractivity contribution in [3.05, 3.63) is 22.2 Å². The van der Waals surface area contributed by atoms with Gasteiger partial charge in [-0.1, -0.05) is 0 Å². The summed E-state index contributed by atoms with van der Waals surface area (Å²) < 4.78 is 39.4. The predicted molar refractivity (Wildman–Crippen MR) is 50.0 cm³/mol. The minimum Gasteiger partial charge on any atom is -0.402 e. The molecular formula is C8H4BrF3N2O. The summed E-state index contributed by atoms with van der Waals surface area (Å²) in [5.41, 5.74) is 5.11. The molecule has 2 N–H and O–H groups in total. The standard InChI is InChI=1S/C8H4BrF3N2O/c9-6-4(3-13)1-2-5(14)7(6)15-8(10,11)12/h1-2H,14H2. The van der Waals surface area contributed by atoms with E-state index in [1.807, 2.05) is 0 Å². The van der Waals surface area contributed by atoms with Crippen molar-refractivity contribution in [2.75, 3.05) is 5.73 Å². The lowest BCUT2D eigenvalue weighted by Gasteiger charge is -2.13. The Labute approximate surface area is 91.4 Å². The first-order valence-corrected chi connectivity index (χ1v) is 4.38. The number of nitriles is 1. The van der Waals surface area contributed by atoms with Crippen LogP contribution in [0.4, 0.5) is 18.9 Å². The first kappa shape index (κ1) is 11.7. The third-order valence-electron chi connectivity index (χ3n) is 1.47. The molecule has 0 aliphatic heterocycles. The lowest BCUT2D eigenvalue weighted by molar-refractivity contribution is -0.274. The molecule has 1 rings (SSSR count). The van der Waals surface area contributed by atoms with Gasteiger partial charge in [0.2, 0.25) is 0 Å². The molecule has 0 fully saturated rings. The highest BCUT2D eigenvalue weighted by Crippen LogP contribution is 2.37. The van der Waals surface area contributed by atoms with Gasteiger partial charge in [-0.05, 0) is 28.1 Å². The van der Waals surface area contributed by atoms with E-state index in [9.17, 15) is 13.2 Å². The molecule has 0 radical (unpaired) electrons. The maximum atomic E-state index is 12.0. The highest BCUT2D eigenvalue weighted by molar-refractivity contribution is 9.10. The number of ether oxygens (including phenoxy) is 1. The number of hydrogen-bond acceptors (Lipinski definition) is 3. The second kappa shape index (κ2) is 3.98. The zero-order valence-electron chi connectivity index (χ0n) is 7.10. The number of benzene rings is 1. The van der Waals surface area contributed by atoms with Crippen LogP contribution in [-0.2, 0) is 0 Å². The maximum Gasteiger partial charge on any atom is 0.573 e. The van der Waals surface area contributed by atoms with Crippen LogP contribution in [-0.4, -0.2) is 6.36 Å². The van der Waals surface area contributed by atoms with Crippen LogP contribution in [0.15, 0.2) is 16.6 Å². The van der Waals surface area contributed by atoms with E-state index in [1.54, 1.807) is 6.07 Å². The van der Waals surface area contributed by atoms with Crippen LogP contribution in [0, 0.1) is 11.3 Å². The van der Waals surface area contributed by atoms with Crippen LogP contribution in [0.5, 0.6) is 5.75 Å². The minimum absolute atomic E-state index is 0.0171. The molecule has 0 aliphatic rings. The third kappa shape index (κ3) is 2.76. The fourth-order valence-electron chi connectivity index (χ4n) is 0.877. The van der Waals surface area contributed by atoms with E-state index >= 15 is 0 Å². The number of hydrogen-bond donors (Lipinski definition) is 1. The molecule has 0 aliphatic carbocycles. The molecule has 0 spiro atoms. The van der Waals surface area contributed by atoms with Crippen LogP contribution >= 0.6 is 15.9 Å². The monoisotopic (exact) mass is 280 g/mol. The van der Waals surface area contributed by atoms with Crippen LogP contribution in [0.3, 0.4) is 0 Å². The molecule has 7 heteroatoms. The Balaban J connectivity index is 3.23. The highest BCUT2D eigenvalue weighted by atomic mass is 79.9. The summed E-state index contributed by atoms with van der Waals surface area (Å²) in [7, 11) is 0. The quantitative estimate of drug-likeness (QED) is 0.805. The lowest BCUT2D eigenvalue weighted by Crippen LogP contribution is -2.18. The van der Waals surface area contributed by atoms with Gasteiger partial charge in [0, 0.05) is 0 Å². The van der Waals surface area contributed by atoms with Crippen molar-refractivity contribution in [2.45, 2.75) is 6.36 Å². The fourth-order valence-corrected chi connectivity index (χ4v) is 1.41. The van der Waals surface area contributed by atoms with E-state index in [-0.39, 0.29) is 15.7 Å². The number of halogens is 4. The number of alkyl halides is 3. The zero-order chi connectivity index (χ0) is 11.6. The summed E-state index contributed by atoms with van der Waals surface area (Å²) in [6.45, 7) is 0. The van der Waals surface area contributed by atoms with Gasteiger partial charge in [0.1, 0.15) is 6.07 Å². The molecule has 0 atom stereocenters. The normalized spacial score (nSPS) is 10.9. The summed E-state index contributed by atoms with van der Waals surface area (Å²) in [5.74, 6) is -0.596. The molecule has 0 saturated carbocycles. The summed E-state index contributed by atoms with van der Waals surface area (Å²) in [5, 5.41) is 8.57. The van der Waals surface area contributed by atoms with Crippen molar-refractivity contribution < 1.29 is 17.9 Å². The van der Waals surface area contributed by atoms with Gasteiger partial charge in [0.05, 0.1) is 15.7 Å². The maximum absolute atomic E-state index is 12.0. The molecule has 0 saturated heterocycles. The SMILES string of the molecule is N#Cc1ccc(N)c(OC(F)(F)F)c1Br. The Morgan fingerprint density at radius 2 is 2.00 bits per heavy atom. The van der Waals surface area contributed by atoms with E-state index in [0.717, 1.165) is 0 Å². The Morgan fingerprint density at radius 1 is 1.40 bits per heavy atom. The minimum atomic E-state index is -4.84. The zero-order valence-corrected chi connectivity index (χ0v) is 8.69. The van der Waals surface area contributed by atoms with Crippen molar-refractivity contribution in [3.63, 3.8) is 0 Å². The Bertz CT molecular complexity index is 425. The molecule has 1 aromatic rings. The van der Waals surface area contributed by atoms with Crippen molar-refractivity contribution in [3.8, 4) is 11.8 Å². The molecule has 80 valence electrons. The predicted octanol–water partition coefficient (Wildman–Crippen LogP) is 2.80. The number of rotatable bonds is 1. The van der Waals surface area contributed by atoms with Gasteiger partial charge >= 0.3 is 6.36 Å². The van der Waals surface area contributed by atoms with Crippen molar-refractivity contribution in [2.24, 2.45) is 0 Å². The summed E-state index contributed by atoms with van der Waals surface area (Å²) >= 11 is 2.82. The van der Waals surface area contributed by atoms with E-state index in [4.69, 9.17) is 11.0 Å². The van der Waals surface area contributed by atoms with Gasteiger partial charge < -0.3 is 10.5 Å². The van der Waals surface area contributed by atoms with Crippen molar-refractivity contribution in [1.29, 1.82) is 5.26 Å². The molecule has 0 amide bonds. The number of anilines is 1. The van der Waals surface area contributed by atoms with E-state index in [1.165, 1.54) is 12.1 Å². The molecule has 15 heavy (non-hydrogen) atoms. The molecule has 0 heterocycles. The number of nitrogens with zero attached hydrogens (tertiary/aromatic N) is 1. The van der Waals surface area contributed by atoms with Crippen molar-refractivity contribution >= 4 is 21.6 Å². The number of nitrogens with two attached hydrogens (primary N) is 1. The largest absolute Gasteiger partial charge is 0.573 e. The van der Waals surface area contributed by atoms with E-state index in [0.29, 0.717) is 0 Å². The van der Waals surface area contributed by atoms with Gasteiger partial charge in [-0.2, -0.15) is 5.26 Å².